The Bertz CT molecular complexity index is 347. The molecule has 0 aromatic heterocycles. The van der Waals surface area contributed by atoms with Crippen molar-refractivity contribution in [1.29, 1.82) is 0 Å². The zero-order chi connectivity index (χ0) is 13.8. The maximum Gasteiger partial charge on any atom is 0.326 e. The monoisotopic (exact) mass is 288 g/mol. The number of hydrogen-bond acceptors (Lipinski definition) is 4. The maximum atomic E-state index is 12.0. The fourth-order valence-electron chi connectivity index (χ4n) is 2.54. The second kappa shape index (κ2) is 6.47. The van der Waals surface area contributed by atoms with Crippen LogP contribution in [0, 0.1) is 0 Å². The number of likely N-dealkylation sites (tertiary alicyclic amines) is 1. The van der Waals surface area contributed by atoms with Crippen molar-refractivity contribution >= 4 is 23.8 Å². The highest BCUT2D eigenvalue weighted by Gasteiger charge is 2.39. The molecule has 19 heavy (non-hydrogen) atoms. The van der Waals surface area contributed by atoms with E-state index in [-0.39, 0.29) is 19.0 Å². The van der Waals surface area contributed by atoms with Crippen LogP contribution in [0.5, 0.6) is 0 Å². The van der Waals surface area contributed by atoms with E-state index < -0.39 is 18.1 Å². The molecule has 0 bridgehead atoms. The SMILES string of the molecule is O=C(O)[C@@H]1C[C@H](O)CN1C(=O)NCC1CCCCS1. The molecule has 0 aromatic carbocycles. The molecule has 3 atom stereocenters. The van der Waals surface area contributed by atoms with Gasteiger partial charge in [0.05, 0.1) is 6.10 Å². The fourth-order valence-corrected chi connectivity index (χ4v) is 3.78. The molecule has 2 heterocycles. The third-order valence-corrected chi connectivity index (χ3v) is 4.98. The molecule has 1 unspecified atom stereocenters. The summed E-state index contributed by atoms with van der Waals surface area (Å²) >= 11 is 1.86. The van der Waals surface area contributed by atoms with Crippen molar-refractivity contribution in [2.24, 2.45) is 0 Å². The molecule has 2 amide bonds. The Morgan fingerprint density at radius 1 is 1.37 bits per heavy atom. The lowest BCUT2D eigenvalue weighted by molar-refractivity contribution is -0.141. The van der Waals surface area contributed by atoms with Crippen molar-refractivity contribution in [1.82, 2.24) is 10.2 Å². The zero-order valence-corrected chi connectivity index (χ0v) is 11.6. The minimum Gasteiger partial charge on any atom is -0.480 e. The Morgan fingerprint density at radius 3 is 2.79 bits per heavy atom. The number of carbonyl (C=O) groups excluding carboxylic acids is 1. The summed E-state index contributed by atoms with van der Waals surface area (Å²) in [4.78, 5) is 24.2. The summed E-state index contributed by atoms with van der Waals surface area (Å²) in [6.07, 6.45) is 2.88. The number of urea groups is 1. The number of amides is 2. The summed E-state index contributed by atoms with van der Waals surface area (Å²) < 4.78 is 0. The molecule has 108 valence electrons. The third-order valence-electron chi connectivity index (χ3n) is 3.58. The smallest absolute Gasteiger partial charge is 0.326 e. The Labute approximate surface area is 116 Å². The van der Waals surface area contributed by atoms with Crippen molar-refractivity contribution in [3.63, 3.8) is 0 Å². The molecule has 0 spiro atoms. The largest absolute Gasteiger partial charge is 0.480 e. The fraction of sp³-hybridized carbons (Fsp3) is 0.833. The molecule has 2 rings (SSSR count). The molecular formula is C12H20N2O4S. The summed E-state index contributed by atoms with van der Waals surface area (Å²) in [5.74, 6) is 0.0690. The minimum atomic E-state index is -1.06. The van der Waals surface area contributed by atoms with Crippen molar-refractivity contribution < 1.29 is 19.8 Å². The predicted octanol–water partition coefficient (Wildman–Crippen LogP) is 0.502. The van der Waals surface area contributed by atoms with Crippen LogP contribution in [-0.4, -0.2) is 63.4 Å². The predicted molar refractivity (Wildman–Crippen MR) is 72.2 cm³/mol. The van der Waals surface area contributed by atoms with E-state index >= 15 is 0 Å². The van der Waals surface area contributed by atoms with Gasteiger partial charge in [-0.15, -0.1) is 0 Å². The second-order valence-electron chi connectivity index (χ2n) is 5.07. The Balaban J connectivity index is 1.82. The van der Waals surface area contributed by atoms with E-state index in [1.165, 1.54) is 17.7 Å². The van der Waals surface area contributed by atoms with Crippen LogP contribution in [0.2, 0.25) is 0 Å². The number of nitrogens with zero attached hydrogens (tertiary/aromatic N) is 1. The first kappa shape index (κ1) is 14.5. The molecule has 2 saturated heterocycles. The van der Waals surface area contributed by atoms with Crippen LogP contribution in [0.15, 0.2) is 0 Å². The molecule has 6 nitrogen and oxygen atoms in total. The van der Waals surface area contributed by atoms with E-state index in [2.05, 4.69) is 5.32 Å². The Morgan fingerprint density at radius 2 is 2.16 bits per heavy atom. The van der Waals surface area contributed by atoms with Crippen LogP contribution in [0.3, 0.4) is 0 Å². The number of aliphatic hydroxyl groups excluding tert-OH is 1. The van der Waals surface area contributed by atoms with Gasteiger partial charge in [-0.25, -0.2) is 9.59 Å². The molecule has 3 N–H and O–H groups in total. The van der Waals surface area contributed by atoms with Gasteiger partial charge in [-0.2, -0.15) is 11.8 Å². The molecule has 0 aromatic rings. The van der Waals surface area contributed by atoms with Crippen molar-refractivity contribution in [3.05, 3.63) is 0 Å². The van der Waals surface area contributed by atoms with Crippen LogP contribution in [0.1, 0.15) is 25.7 Å². The lowest BCUT2D eigenvalue weighted by atomic mass is 10.2. The van der Waals surface area contributed by atoms with E-state index in [1.807, 2.05) is 11.8 Å². The van der Waals surface area contributed by atoms with Crippen LogP contribution >= 0.6 is 11.8 Å². The first-order chi connectivity index (χ1) is 9.08. The first-order valence-electron chi connectivity index (χ1n) is 6.65. The number of rotatable bonds is 3. The molecule has 2 aliphatic heterocycles. The average molecular weight is 288 g/mol. The van der Waals surface area contributed by atoms with Crippen LogP contribution in [0.25, 0.3) is 0 Å². The standard InChI is InChI=1S/C12H20N2O4S/c15-8-5-10(11(16)17)14(7-8)12(18)13-6-9-3-1-2-4-19-9/h8-10,15H,1-7H2,(H,13,18)(H,16,17)/t8-,9?,10-/m0/s1. The van der Waals surface area contributed by atoms with Gasteiger partial charge in [-0.05, 0) is 18.6 Å². The highest BCUT2D eigenvalue weighted by molar-refractivity contribution is 7.99. The number of aliphatic carboxylic acids is 1. The summed E-state index contributed by atoms with van der Waals surface area (Å²) in [5, 5.41) is 21.7. The molecule has 2 aliphatic rings. The number of carboxylic acids is 1. The normalized spacial score (nSPS) is 31.2. The zero-order valence-electron chi connectivity index (χ0n) is 10.7. The van der Waals surface area contributed by atoms with Crippen LogP contribution in [-0.2, 0) is 4.79 Å². The average Bonchev–Trinajstić information content (AvgIpc) is 2.79. The van der Waals surface area contributed by atoms with E-state index in [0.29, 0.717) is 11.8 Å². The number of β-amino-alcohol motifs (C(OH)–C–C–N with tert-alkyl or cyclic N) is 1. The highest BCUT2D eigenvalue weighted by Crippen LogP contribution is 2.24. The Hall–Kier alpha value is -0.950. The first-order valence-corrected chi connectivity index (χ1v) is 7.69. The lowest BCUT2D eigenvalue weighted by Gasteiger charge is -2.25. The van der Waals surface area contributed by atoms with Gasteiger partial charge in [0, 0.05) is 24.8 Å². The third kappa shape index (κ3) is 3.76. The number of hydrogen-bond donors (Lipinski definition) is 3. The summed E-state index contributed by atoms with van der Waals surface area (Å²) in [6, 6.07) is -1.29. The van der Waals surface area contributed by atoms with Gasteiger partial charge in [0.25, 0.3) is 0 Å². The van der Waals surface area contributed by atoms with Crippen LogP contribution in [0.4, 0.5) is 4.79 Å². The molecular weight excluding hydrogens is 268 g/mol. The van der Waals surface area contributed by atoms with Gasteiger partial charge in [0.2, 0.25) is 0 Å². The maximum absolute atomic E-state index is 12.0. The summed E-state index contributed by atoms with van der Waals surface area (Å²) in [7, 11) is 0. The summed E-state index contributed by atoms with van der Waals surface area (Å²) in [6.45, 7) is 0.670. The van der Waals surface area contributed by atoms with Gasteiger partial charge in [-0.1, -0.05) is 6.42 Å². The molecule has 0 saturated carbocycles. The lowest BCUT2D eigenvalue weighted by Crippen LogP contribution is -2.47. The van der Waals surface area contributed by atoms with Crippen molar-refractivity contribution in [3.8, 4) is 0 Å². The number of thioether (sulfide) groups is 1. The number of carboxylic acid groups (broad SMARTS) is 1. The van der Waals surface area contributed by atoms with E-state index in [1.54, 1.807) is 0 Å². The van der Waals surface area contributed by atoms with Gasteiger partial charge in [0.15, 0.2) is 0 Å². The molecule has 2 fully saturated rings. The molecule has 0 radical (unpaired) electrons. The van der Waals surface area contributed by atoms with Gasteiger partial charge < -0.3 is 20.4 Å². The number of nitrogens with one attached hydrogen (secondary N) is 1. The van der Waals surface area contributed by atoms with Crippen molar-refractivity contribution in [2.45, 2.75) is 43.1 Å². The summed E-state index contributed by atoms with van der Waals surface area (Å²) in [5.41, 5.74) is 0. The highest BCUT2D eigenvalue weighted by atomic mass is 32.2. The number of aliphatic hydroxyl groups is 1. The van der Waals surface area contributed by atoms with E-state index in [9.17, 15) is 14.7 Å². The molecule has 0 aliphatic carbocycles. The number of carbonyl (C=O) groups is 2. The topological polar surface area (TPSA) is 89.9 Å². The molecule has 7 heteroatoms. The minimum absolute atomic E-state index is 0.0978. The van der Waals surface area contributed by atoms with Gasteiger partial charge in [-0.3, -0.25) is 0 Å². The Kier molecular flexibility index (Phi) is 4.93. The van der Waals surface area contributed by atoms with E-state index in [4.69, 9.17) is 5.11 Å². The quantitative estimate of drug-likeness (QED) is 0.703. The van der Waals surface area contributed by atoms with E-state index in [0.717, 1.165) is 12.2 Å². The van der Waals surface area contributed by atoms with Gasteiger partial charge in [0.1, 0.15) is 6.04 Å². The van der Waals surface area contributed by atoms with Crippen LogP contribution < -0.4 is 5.32 Å². The van der Waals surface area contributed by atoms with Gasteiger partial charge >= 0.3 is 12.0 Å². The van der Waals surface area contributed by atoms with Crippen molar-refractivity contribution in [2.75, 3.05) is 18.8 Å². The second-order valence-corrected chi connectivity index (χ2v) is 6.48.